The fraction of sp³-hybridized carbons (Fsp3) is 0.310. The first-order valence-corrected chi connectivity index (χ1v) is 24.1. The highest BCUT2D eigenvalue weighted by molar-refractivity contribution is 7.79. The first-order valence-electron chi connectivity index (χ1n) is 22.3. The lowest BCUT2D eigenvalue weighted by atomic mass is 10.1. The molecular formula is C58H74O8S2. The van der Waals surface area contributed by atoms with E-state index in [0.29, 0.717) is 13.2 Å². The van der Waals surface area contributed by atoms with Crippen molar-refractivity contribution in [2.45, 2.75) is 94.8 Å². The van der Waals surface area contributed by atoms with Gasteiger partial charge in [-0.15, -0.1) is 0 Å². The minimum atomic E-state index is -0.531. The van der Waals surface area contributed by atoms with Gasteiger partial charge in [0.25, 0.3) is 0 Å². The van der Waals surface area contributed by atoms with Crippen LogP contribution in [0.25, 0.3) is 0 Å². The number of aryl methyl sites for hydroxylation is 5. The average Bonchev–Trinajstić information content (AvgIpc) is 3.36. The van der Waals surface area contributed by atoms with Gasteiger partial charge in [0.2, 0.25) is 0 Å². The van der Waals surface area contributed by atoms with Crippen LogP contribution < -0.4 is 0 Å². The van der Waals surface area contributed by atoms with Crippen molar-refractivity contribution in [3.05, 3.63) is 213 Å². The molecule has 0 aliphatic heterocycles. The van der Waals surface area contributed by atoms with E-state index < -0.39 is 23.9 Å². The van der Waals surface area contributed by atoms with Crippen LogP contribution in [0.15, 0.2) is 152 Å². The first kappa shape index (κ1) is 61.9. The molecule has 0 atom stereocenters. The summed E-state index contributed by atoms with van der Waals surface area (Å²) in [5.41, 5.74) is 9.49. The van der Waals surface area contributed by atoms with E-state index in [2.05, 4.69) is 102 Å². The summed E-state index contributed by atoms with van der Waals surface area (Å²) in [5, 5.41) is 0. The molecule has 0 radical (unpaired) electrons. The Bertz CT molecular complexity index is 2180. The number of unbranched alkanes of at least 4 members (excludes halogenated alkanes) is 2. The molecule has 6 aromatic rings. The third-order valence-electron chi connectivity index (χ3n) is 9.46. The zero-order valence-corrected chi connectivity index (χ0v) is 42.5. The van der Waals surface area contributed by atoms with E-state index in [1.54, 1.807) is 61.0 Å². The van der Waals surface area contributed by atoms with Crippen LogP contribution in [0.5, 0.6) is 0 Å². The normalized spacial score (nSPS) is 9.40. The predicted molar refractivity (Wildman–Crippen MR) is 288 cm³/mol. The van der Waals surface area contributed by atoms with Gasteiger partial charge in [-0.25, -0.2) is 19.2 Å². The Kier molecular flexibility index (Phi) is 34.5. The predicted octanol–water partition coefficient (Wildman–Crippen LogP) is 14.6. The van der Waals surface area contributed by atoms with Gasteiger partial charge in [-0.1, -0.05) is 178 Å². The zero-order valence-electron chi connectivity index (χ0n) is 40.8. The molecule has 0 aromatic heterocycles. The quantitative estimate of drug-likeness (QED) is 0.0481. The number of carbonyl (C=O) groups is 4. The van der Waals surface area contributed by atoms with Crippen LogP contribution in [0.3, 0.4) is 0 Å². The molecule has 0 aliphatic rings. The second-order valence-electron chi connectivity index (χ2n) is 14.9. The number of carbonyl (C=O) groups excluding carboxylic acids is 4. The summed E-state index contributed by atoms with van der Waals surface area (Å²) < 4.78 is 20.9. The van der Waals surface area contributed by atoms with E-state index in [0.717, 1.165) is 36.8 Å². The maximum absolute atomic E-state index is 12.2. The molecule has 6 aromatic carbocycles. The molecule has 0 aliphatic carbocycles. The molecule has 10 heteroatoms. The van der Waals surface area contributed by atoms with Gasteiger partial charge in [0, 0.05) is 0 Å². The molecule has 0 spiro atoms. The van der Waals surface area contributed by atoms with Crippen LogP contribution in [0, 0.1) is 34.6 Å². The van der Waals surface area contributed by atoms with E-state index in [1.807, 2.05) is 74.5 Å². The van der Waals surface area contributed by atoms with E-state index in [4.69, 9.17) is 18.9 Å². The molecule has 68 heavy (non-hydrogen) atoms. The van der Waals surface area contributed by atoms with Crippen LogP contribution >= 0.6 is 25.3 Å². The summed E-state index contributed by atoms with van der Waals surface area (Å²) in [7, 11) is 0. The summed E-state index contributed by atoms with van der Waals surface area (Å²) in [4.78, 5) is 48.7. The number of thiol groups is 2. The molecule has 0 saturated carbocycles. The Morgan fingerprint density at radius 3 is 1.00 bits per heavy atom. The summed E-state index contributed by atoms with van der Waals surface area (Å²) in [6.45, 7) is 15.7. The van der Waals surface area contributed by atoms with Crippen LogP contribution in [-0.4, -0.2) is 49.6 Å². The number of hydrogen-bond donors (Lipinski definition) is 2. The molecule has 0 N–H and O–H groups in total. The summed E-state index contributed by atoms with van der Waals surface area (Å²) in [6, 6.07) is 46.8. The number of benzene rings is 6. The van der Waals surface area contributed by atoms with E-state index in [9.17, 15) is 19.2 Å². The van der Waals surface area contributed by atoms with Gasteiger partial charge >= 0.3 is 23.9 Å². The largest absolute Gasteiger partial charge is 0.462 e. The minimum absolute atomic E-state index is 0. The molecule has 366 valence electrons. The van der Waals surface area contributed by atoms with Crippen molar-refractivity contribution in [3.63, 3.8) is 0 Å². The summed E-state index contributed by atoms with van der Waals surface area (Å²) in [6.07, 6.45) is 6.86. The lowest BCUT2D eigenvalue weighted by Gasteiger charge is -2.09. The van der Waals surface area contributed by atoms with Gasteiger partial charge in [-0.2, -0.15) is 25.3 Å². The Labute approximate surface area is 418 Å². The monoisotopic (exact) mass is 962 g/mol. The Hall–Kier alpha value is -6.10. The van der Waals surface area contributed by atoms with Crippen LogP contribution in [-0.2, 0) is 32.2 Å². The van der Waals surface area contributed by atoms with Gasteiger partial charge in [-0.3, -0.25) is 0 Å². The fourth-order valence-electron chi connectivity index (χ4n) is 5.75. The summed E-state index contributed by atoms with van der Waals surface area (Å²) in [5.74, 6) is -2.05. The molecule has 8 nitrogen and oxygen atoms in total. The van der Waals surface area contributed by atoms with Gasteiger partial charge in [0.1, 0.15) is 13.2 Å². The molecule has 0 unspecified atom stereocenters. The minimum Gasteiger partial charge on any atom is -0.462 e. The Morgan fingerprint density at radius 1 is 0.382 bits per heavy atom. The Morgan fingerprint density at radius 2 is 0.706 bits per heavy atom. The standard InChI is InChI=1S/2C19H20O4.C9H12.C8H10.2CH4S.CH4/c2*1-2-3-13-22-18(20)16-11-7-8-12-17(16)19(21)23-14-15-9-5-4-6-10-15;1-7-4-5-8(2)9(3)6-7;1-7-4-3-5-8(2)6-7;2*1-2;/h2*4-12H,2-3,13-14H2,1H3;4-6H,1-3H3;3-6H,1-2H3;2*2H,1H3;1H4. The molecule has 0 amide bonds. The summed E-state index contributed by atoms with van der Waals surface area (Å²) >= 11 is 7.06. The number of rotatable bonds is 14. The third-order valence-corrected chi connectivity index (χ3v) is 9.46. The lowest BCUT2D eigenvalue weighted by Crippen LogP contribution is -2.14. The molecule has 0 heterocycles. The van der Waals surface area contributed by atoms with Crippen molar-refractivity contribution >= 4 is 49.1 Å². The van der Waals surface area contributed by atoms with E-state index in [-0.39, 0.29) is 42.9 Å². The molecular weight excluding hydrogens is 889 g/mol. The fourth-order valence-corrected chi connectivity index (χ4v) is 5.75. The highest BCUT2D eigenvalue weighted by atomic mass is 32.1. The highest BCUT2D eigenvalue weighted by Gasteiger charge is 2.20. The molecule has 0 saturated heterocycles. The average molecular weight is 963 g/mol. The van der Waals surface area contributed by atoms with Crippen molar-refractivity contribution < 1.29 is 38.1 Å². The molecule has 0 fully saturated rings. The van der Waals surface area contributed by atoms with Crippen molar-refractivity contribution in [1.29, 1.82) is 0 Å². The number of esters is 4. The van der Waals surface area contributed by atoms with Gasteiger partial charge in [0.05, 0.1) is 35.5 Å². The van der Waals surface area contributed by atoms with E-state index in [1.165, 1.54) is 27.8 Å². The lowest BCUT2D eigenvalue weighted by molar-refractivity contribution is 0.0436. The van der Waals surface area contributed by atoms with Crippen molar-refractivity contribution in [1.82, 2.24) is 0 Å². The van der Waals surface area contributed by atoms with Crippen molar-refractivity contribution in [2.75, 3.05) is 25.7 Å². The second kappa shape index (κ2) is 37.9. The SMILES string of the molecule is C.CCCCOC(=O)c1ccccc1C(=O)OCc1ccccc1.CCCCOC(=O)c1ccccc1C(=O)OCc1ccccc1.CS.CS.Cc1ccc(C)c(C)c1.Cc1cccc(C)c1. The smallest absolute Gasteiger partial charge is 0.339 e. The molecule has 0 bridgehead atoms. The second-order valence-corrected chi connectivity index (χ2v) is 14.9. The highest BCUT2D eigenvalue weighted by Crippen LogP contribution is 2.16. The first-order chi connectivity index (χ1) is 32.4. The molecule has 6 rings (SSSR count). The van der Waals surface area contributed by atoms with E-state index >= 15 is 0 Å². The number of hydrogen-bond acceptors (Lipinski definition) is 10. The van der Waals surface area contributed by atoms with Gasteiger partial charge in [-0.05, 0) is 106 Å². The number of ether oxygens (including phenoxy) is 4. The van der Waals surface area contributed by atoms with Crippen molar-refractivity contribution in [2.24, 2.45) is 0 Å². The Balaban J connectivity index is 0.000000927. The van der Waals surface area contributed by atoms with Crippen LogP contribution in [0.1, 0.15) is 127 Å². The third kappa shape index (κ3) is 25.1. The topological polar surface area (TPSA) is 105 Å². The van der Waals surface area contributed by atoms with Gasteiger partial charge in [0.15, 0.2) is 0 Å². The van der Waals surface area contributed by atoms with Crippen LogP contribution in [0.4, 0.5) is 0 Å². The maximum Gasteiger partial charge on any atom is 0.339 e. The van der Waals surface area contributed by atoms with Gasteiger partial charge < -0.3 is 18.9 Å². The van der Waals surface area contributed by atoms with Crippen molar-refractivity contribution in [3.8, 4) is 0 Å². The maximum atomic E-state index is 12.2. The van der Waals surface area contributed by atoms with Crippen LogP contribution in [0.2, 0.25) is 0 Å². The zero-order chi connectivity index (χ0) is 49.8.